The lowest BCUT2D eigenvalue weighted by Crippen LogP contribution is -2.41. The van der Waals surface area contributed by atoms with E-state index in [2.05, 4.69) is 4.72 Å². The third kappa shape index (κ3) is 4.69. The number of benzene rings is 1. The average Bonchev–Trinajstić information content (AvgIpc) is 2.30. The predicted molar refractivity (Wildman–Crippen MR) is 85.6 cm³/mol. The lowest BCUT2D eigenvalue weighted by Gasteiger charge is -2.26. The first-order valence-corrected chi connectivity index (χ1v) is 8.52. The van der Waals surface area contributed by atoms with Crippen LogP contribution in [0.3, 0.4) is 0 Å². The Kier molecular flexibility index (Phi) is 5.41. The Balaban J connectivity index is 3.01. The van der Waals surface area contributed by atoms with Gasteiger partial charge >= 0.3 is 0 Å². The van der Waals surface area contributed by atoms with Crippen molar-refractivity contribution in [2.45, 2.75) is 51.5 Å². The van der Waals surface area contributed by atoms with Gasteiger partial charge in [0.1, 0.15) is 0 Å². The highest BCUT2D eigenvalue weighted by atomic mass is 32.2. The molecule has 21 heavy (non-hydrogen) atoms. The molecule has 5 nitrogen and oxygen atoms in total. The van der Waals surface area contributed by atoms with E-state index in [9.17, 15) is 13.5 Å². The fraction of sp³-hybridized carbons (Fsp3) is 0.600. The van der Waals surface area contributed by atoms with Crippen molar-refractivity contribution in [3.05, 3.63) is 23.3 Å². The van der Waals surface area contributed by atoms with Crippen molar-refractivity contribution < 1.29 is 13.5 Å². The van der Waals surface area contributed by atoms with Crippen LogP contribution in [0.5, 0.6) is 0 Å². The molecule has 0 saturated carbocycles. The van der Waals surface area contributed by atoms with E-state index in [4.69, 9.17) is 5.73 Å². The van der Waals surface area contributed by atoms with Gasteiger partial charge in [-0.3, -0.25) is 0 Å². The average molecular weight is 314 g/mol. The van der Waals surface area contributed by atoms with Crippen LogP contribution < -0.4 is 10.5 Å². The molecule has 1 atom stereocenters. The maximum absolute atomic E-state index is 12.5. The molecule has 0 aromatic heterocycles. The first-order chi connectivity index (χ1) is 9.46. The van der Waals surface area contributed by atoms with Gasteiger partial charge in [-0.2, -0.15) is 0 Å². The van der Waals surface area contributed by atoms with Crippen LogP contribution in [-0.2, 0) is 10.0 Å². The number of nitrogens with one attached hydrogen (secondary N) is 1. The monoisotopic (exact) mass is 314 g/mol. The molecule has 0 saturated heterocycles. The molecule has 0 bridgehead atoms. The minimum atomic E-state index is -3.70. The standard InChI is InChI=1S/C15H26N2O3S/c1-10(2)8-15(5,18)9-17-21(19,20)14-11(3)6-7-13(16)12(14)4/h6-7,10,17-18H,8-9,16H2,1-5H3. The summed E-state index contributed by atoms with van der Waals surface area (Å²) >= 11 is 0. The van der Waals surface area contributed by atoms with Gasteiger partial charge in [0.2, 0.25) is 10.0 Å². The summed E-state index contributed by atoms with van der Waals surface area (Å²) in [6.07, 6.45) is 0.518. The maximum Gasteiger partial charge on any atom is 0.241 e. The largest absolute Gasteiger partial charge is 0.398 e. The van der Waals surface area contributed by atoms with Crippen molar-refractivity contribution in [2.24, 2.45) is 5.92 Å². The van der Waals surface area contributed by atoms with Gasteiger partial charge in [0.15, 0.2) is 0 Å². The van der Waals surface area contributed by atoms with Crippen LogP contribution in [0.4, 0.5) is 5.69 Å². The zero-order valence-electron chi connectivity index (χ0n) is 13.4. The van der Waals surface area contributed by atoms with Crippen molar-refractivity contribution in [1.82, 2.24) is 4.72 Å². The Bertz CT molecular complexity index is 608. The number of nitrogen functional groups attached to an aromatic ring is 1. The second-order valence-electron chi connectivity index (χ2n) is 6.35. The highest BCUT2D eigenvalue weighted by molar-refractivity contribution is 7.89. The zero-order valence-corrected chi connectivity index (χ0v) is 14.2. The molecule has 6 heteroatoms. The van der Waals surface area contributed by atoms with Crippen molar-refractivity contribution in [3.8, 4) is 0 Å². The zero-order chi connectivity index (χ0) is 16.4. The molecule has 0 aliphatic carbocycles. The van der Waals surface area contributed by atoms with Crippen molar-refractivity contribution in [1.29, 1.82) is 0 Å². The SMILES string of the molecule is Cc1ccc(N)c(C)c1S(=O)(=O)NCC(C)(O)CC(C)C. The van der Waals surface area contributed by atoms with Gasteiger partial charge in [-0.1, -0.05) is 19.9 Å². The second-order valence-corrected chi connectivity index (χ2v) is 8.05. The fourth-order valence-corrected chi connectivity index (χ4v) is 4.19. The molecule has 0 fully saturated rings. The van der Waals surface area contributed by atoms with Crippen LogP contribution >= 0.6 is 0 Å². The maximum atomic E-state index is 12.5. The normalized spacial score (nSPS) is 15.2. The molecule has 4 N–H and O–H groups in total. The van der Waals surface area contributed by atoms with Crippen LogP contribution in [0.2, 0.25) is 0 Å². The van der Waals surface area contributed by atoms with E-state index in [1.165, 1.54) is 0 Å². The molecule has 0 aliphatic heterocycles. The molecule has 0 radical (unpaired) electrons. The molecular formula is C15H26N2O3S. The summed E-state index contributed by atoms with van der Waals surface area (Å²) in [5.41, 5.74) is 6.32. The number of hydrogen-bond acceptors (Lipinski definition) is 4. The van der Waals surface area contributed by atoms with Crippen molar-refractivity contribution >= 4 is 15.7 Å². The van der Waals surface area contributed by atoms with Crippen LogP contribution in [0, 0.1) is 19.8 Å². The molecule has 1 aromatic rings. The molecular weight excluding hydrogens is 288 g/mol. The van der Waals surface area contributed by atoms with Gasteiger partial charge in [-0.15, -0.1) is 0 Å². The number of aryl methyl sites for hydroxylation is 1. The quantitative estimate of drug-likeness (QED) is 0.700. The Morgan fingerprint density at radius 1 is 1.33 bits per heavy atom. The molecule has 0 spiro atoms. The summed E-state index contributed by atoms with van der Waals surface area (Å²) < 4.78 is 27.5. The fourth-order valence-electron chi connectivity index (χ4n) is 2.53. The third-order valence-electron chi connectivity index (χ3n) is 3.40. The van der Waals surface area contributed by atoms with Crippen LogP contribution in [0.1, 0.15) is 38.3 Å². The minimum absolute atomic E-state index is 0.0266. The Morgan fingerprint density at radius 3 is 2.43 bits per heavy atom. The van der Waals surface area contributed by atoms with Crippen LogP contribution in [0.15, 0.2) is 17.0 Å². The predicted octanol–water partition coefficient (Wildman–Crippen LogP) is 1.96. The number of aliphatic hydroxyl groups is 1. The summed E-state index contributed by atoms with van der Waals surface area (Å²) in [5, 5.41) is 10.2. The van der Waals surface area contributed by atoms with E-state index in [1.807, 2.05) is 13.8 Å². The van der Waals surface area contributed by atoms with Gasteiger partial charge in [0.25, 0.3) is 0 Å². The molecule has 0 aliphatic rings. The molecule has 120 valence electrons. The van der Waals surface area contributed by atoms with E-state index in [0.717, 1.165) is 0 Å². The summed E-state index contributed by atoms with van der Waals surface area (Å²) in [4.78, 5) is 0.197. The Hall–Kier alpha value is -1.11. The summed E-state index contributed by atoms with van der Waals surface area (Å²) in [5.74, 6) is 0.278. The number of nitrogens with two attached hydrogens (primary N) is 1. The molecule has 1 aromatic carbocycles. The first-order valence-electron chi connectivity index (χ1n) is 7.04. The summed E-state index contributed by atoms with van der Waals surface area (Å²) in [6.45, 7) is 8.98. The van der Waals surface area contributed by atoms with E-state index < -0.39 is 15.6 Å². The van der Waals surface area contributed by atoms with E-state index in [1.54, 1.807) is 32.9 Å². The Morgan fingerprint density at radius 2 is 1.90 bits per heavy atom. The number of sulfonamides is 1. The first kappa shape index (κ1) is 17.9. The molecule has 1 unspecified atom stereocenters. The lowest BCUT2D eigenvalue weighted by atomic mass is 9.95. The van der Waals surface area contributed by atoms with Gasteiger partial charge < -0.3 is 10.8 Å². The van der Waals surface area contributed by atoms with Gasteiger partial charge in [0, 0.05) is 12.2 Å². The second kappa shape index (κ2) is 6.34. The van der Waals surface area contributed by atoms with Crippen LogP contribution in [-0.4, -0.2) is 25.7 Å². The number of rotatable bonds is 6. The summed E-state index contributed by atoms with van der Waals surface area (Å²) in [7, 11) is -3.70. The van der Waals surface area contributed by atoms with E-state index >= 15 is 0 Å². The van der Waals surface area contributed by atoms with Crippen molar-refractivity contribution in [3.63, 3.8) is 0 Å². The minimum Gasteiger partial charge on any atom is -0.398 e. The molecule has 0 heterocycles. The number of hydrogen-bond donors (Lipinski definition) is 3. The van der Waals surface area contributed by atoms with Gasteiger partial charge in [-0.25, -0.2) is 13.1 Å². The molecule has 0 amide bonds. The van der Waals surface area contributed by atoms with Gasteiger partial charge in [-0.05, 0) is 50.3 Å². The smallest absolute Gasteiger partial charge is 0.241 e. The van der Waals surface area contributed by atoms with E-state index in [-0.39, 0.29) is 17.4 Å². The topological polar surface area (TPSA) is 92.4 Å². The third-order valence-corrected chi connectivity index (χ3v) is 5.09. The summed E-state index contributed by atoms with van der Waals surface area (Å²) in [6, 6.07) is 3.38. The van der Waals surface area contributed by atoms with Crippen LogP contribution in [0.25, 0.3) is 0 Å². The van der Waals surface area contributed by atoms with Gasteiger partial charge in [0.05, 0.1) is 10.5 Å². The highest BCUT2D eigenvalue weighted by Gasteiger charge is 2.27. The van der Waals surface area contributed by atoms with Crippen molar-refractivity contribution in [2.75, 3.05) is 12.3 Å². The van der Waals surface area contributed by atoms with E-state index in [0.29, 0.717) is 23.2 Å². The molecule has 1 rings (SSSR count). The highest BCUT2D eigenvalue weighted by Crippen LogP contribution is 2.25. The lowest BCUT2D eigenvalue weighted by molar-refractivity contribution is 0.0436. The Labute approximate surface area is 127 Å². The number of anilines is 1.